The van der Waals surface area contributed by atoms with Crippen LogP contribution in [0.1, 0.15) is 56.1 Å². The summed E-state index contributed by atoms with van der Waals surface area (Å²) in [7, 11) is 3.43. The van der Waals surface area contributed by atoms with E-state index in [2.05, 4.69) is 10.6 Å². The molecule has 2 aromatic rings. The van der Waals surface area contributed by atoms with E-state index in [1.54, 1.807) is 12.1 Å². The monoisotopic (exact) mass is 573 g/mol. The number of alkyl carbamates (subject to hydrolysis) is 1. The molecule has 0 unspecified atom stereocenters. The lowest BCUT2D eigenvalue weighted by molar-refractivity contribution is -0.141. The second-order valence-electron chi connectivity index (χ2n) is 11.2. The van der Waals surface area contributed by atoms with Crippen molar-refractivity contribution in [2.45, 2.75) is 63.5 Å². The van der Waals surface area contributed by atoms with Crippen LogP contribution in [-0.2, 0) is 15.1 Å². The van der Waals surface area contributed by atoms with E-state index in [9.17, 15) is 19.1 Å². The van der Waals surface area contributed by atoms with Gasteiger partial charge in [0.2, 0.25) is 5.91 Å². The van der Waals surface area contributed by atoms with Crippen LogP contribution in [0.5, 0.6) is 0 Å². The number of amides is 2. The third kappa shape index (κ3) is 6.78. The molecule has 0 aromatic heterocycles. The van der Waals surface area contributed by atoms with E-state index >= 15 is 0 Å². The largest absolute Gasteiger partial charge is 0.450 e. The normalized spacial score (nSPS) is 22.6. The van der Waals surface area contributed by atoms with Crippen LogP contribution in [0.3, 0.4) is 0 Å². The number of carbonyl (C=O) groups excluding carboxylic acids is 2. The number of ether oxygens (including phenoxy) is 1. The molecule has 7 nitrogen and oxygen atoms in total. The Hall–Kier alpha value is -2.68. The maximum Gasteiger partial charge on any atom is 0.406 e. The van der Waals surface area contributed by atoms with Gasteiger partial charge in [0.25, 0.3) is 0 Å². The van der Waals surface area contributed by atoms with Crippen molar-refractivity contribution in [1.29, 1.82) is 0 Å². The molecular formula is C31H41ClFN3O4. The SMILES string of the molecule is CNC(=O)OCCC[C@@](O)(c1cccc(Cl)c1-c1cc(C)cc(F)c1)[C@@H]1CCCN(C(=O)[C@@H]2CC[C@H](NC)C2)C1. The molecule has 2 aromatic carbocycles. The molecule has 1 saturated carbocycles. The lowest BCUT2D eigenvalue weighted by Gasteiger charge is -2.44. The zero-order chi connectivity index (χ0) is 28.9. The third-order valence-electron chi connectivity index (χ3n) is 8.55. The van der Waals surface area contributed by atoms with Gasteiger partial charge in [-0.15, -0.1) is 0 Å². The van der Waals surface area contributed by atoms with Gasteiger partial charge in [-0.25, -0.2) is 9.18 Å². The van der Waals surface area contributed by atoms with Crippen molar-refractivity contribution in [3.05, 3.63) is 58.4 Å². The number of piperidine rings is 1. The Bertz CT molecular complexity index is 1190. The lowest BCUT2D eigenvalue weighted by atomic mass is 9.72. The molecule has 40 heavy (non-hydrogen) atoms. The van der Waals surface area contributed by atoms with Crippen LogP contribution in [0, 0.1) is 24.6 Å². The maximum atomic E-state index is 14.5. The van der Waals surface area contributed by atoms with Crippen molar-refractivity contribution in [2.24, 2.45) is 11.8 Å². The molecule has 1 aliphatic carbocycles. The maximum absolute atomic E-state index is 14.5. The van der Waals surface area contributed by atoms with Crippen molar-refractivity contribution >= 4 is 23.6 Å². The van der Waals surface area contributed by atoms with E-state index in [4.69, 9.17) is 16.3 Å². The molecule has 218 valence electrons. The smallest absolute Gasteiger partial charge is 0.406 e. The van der Waals surface area contributed by atoms with Crippen LogP contribution in [0.25, 0.3) is 11.1 Å². The van der Waals surface area contributed by atoms with Crippen molar-refractivity contribution in [3.63, 3.8) is 0 Å². The van der Waals surface area contributed by atoms with E-state index in [-0.39, 0.29) is 36.6 Å². The minimum absolute atomic E-state index is 0.0118. The average Bonchev–Trinajstić information content (AvgIpc) is 3.43. The summed E-state index contributed by atoms with van der Waals surface area (Å²) >= 11 is 6.75. The number of rotatable bonds is 9. The van der Waals surface area contributed by atoms with Gasteiger partial charge in [0.15, 0.2) is 0 Å². The Balaban J connectivity index is 1.68. The van der Waals surface area contributed by atoms with E-state index in [0.717, 1.165) is 31.2 Å². The third-order valence-corrected chi connectivity index (χ3v) is 8.86. The first-order chi connectivity index (χ1) is 19.2. The minimum Gasteiger partial charge on any atom is -0.450 e. The number of hydrogen-bond donors (Lipinski definition) is 3. The quantitative estimate of drug-likeness (QED) is 0.349. The van der Waals surface area contributed by atoms with E-state index < -0.39 is 11.7 Å². The van der Waals surface area contributed by atoms with Gasteiger partial charge in [-0.05, 0) is 93.8 Å². The number of aliphatic hydroxyl groups is 1. The van der Waals surface area contributed by atoms with Crippen LogP contribution >= 0.6 is 11.6 Å². The number of hydrogen-bond acceptors (Lipinski definition) is 5. The topological polar surface area (TPSA) is 90.9 Å². The predicted octanol–water partition coefficient (Wildman–Crippen LogP) is 5.41. The van der Waals surface area contributed by atoms with Crippen molar-refractivity contribution in [2.75, 3.05) is 33.8 Å². The van der Waals surface area contributed by atoms with Crippen LogP contribution in [-0.4, -0.2) is 61.8 Å². The summed E-state index contributed by atoms with van der Waals surface area (Å²) in [6.45, 7) is 3.02. The summed E-state index contributed by atoms with van der Waals surface area (Å²) < 4.78 is 19.7. The fourth-order valence-electron chi connectivity index (χ4n) is 6.49. The minimum atomic E-state index is -1.39. The van der Waals surface area contributed by atoms with Crippen molar-refractivity contribution in [1.82, 2.24) is 15.5 Å². The van der Waals surface area contributed by atoms with Gasteiger partial charge in [-0.2, -0.15) is 0 Å². The molecule has 2 fully saturated rings. The van der Waals surface area contributed by atoms with Crippen molar-refractivity contribution < 1.29 is 23.8 Å². The molecule has 0 spiro atoms. The average molecular weight is 574 g/mol. The second kappa shape index (κ2) is 13.3. The van der Waals surface area contributed by atoms with Gasteiger partial charge < -0.3 is 25.4 Å². The molecule has 1 saturated heterocycles. The number of aryl methyl sites for hydroxylation is 1. The van der Waals surface area contributed by atoms with E-state index in [1.807, 2.05) is 31.0 Å². The Kier molecular flexibility index (Phi) is 10.1. The number of nitrogens with zero attached hydrogens (tertiary/aromatic N) is 1. The Morgan fingerprint density at radius 2 is 2.00 bits per heavy atom. The van der Waals surface area contributed by atoms with Crippen LogP contribution in [0.4, 0.5) is 9.18 Å². The summed E-state index contributed by atoms with van der Waals surface area (Å²) in [6, 6.07) is 10.5. The van der Waals surface area contributed by atoms with Gasteiger partial charge in [0.1, 0.15) is 5.82 Å². The molecule has 9 heteroatoms. The number of nitrogens with one attached hydrogen (secondary N) is 2. The first-order valence-electron chi connectivity index (χ1n) is 14.3. The second-order valence-corrected chi connectivity index (χ2v) is 11.6. The highest BCUT2D eigenvalue weighted by atomic mass is 35.5. The summed E-state index contributed by atoms with van der Waals surface area (Å²) in [5.74, 6) is -0.519. The molecule has 2 aliphatic rings. The number of likely N-dealkylation sites (tertiary alicyclic amines) is 1. The van der Waals surface area contributed by atoms with Gasteiger partial charge >= 0.3 is 6.09 Å². The Morgan fingerprint density at radius 1 is 1.20 bits per heavy atom. The first-order valence-corrected chi connectivity index (χ1v) is 14.6. The molecule has 1 heterocycles. The Morgan fingerprint density at radius 3 is 2.70 bits per heavy atom. The van der Waals surface area contributed by atoms with E-state index in [0.29, 0.717) is 53.7 Å². The van der Waals surface area contributed by atoms with Crippen LogP contribution in [0.15, 0.2) is 36.4 Å². The van der Waals surface area contributed by atoms with Gasteiger partial charge in [-0.1, -0.05) is 29.8 Å². The van der Waals surface area contributed by atoms with Gasteiger partial charge in [-0.3, -0.25) is 4.79 Å². The number of halogens is 2. The molecular weight excluding hydrogens is 533 g/mol. The van der Waals surface area contributed by atoms with Gasteiger partial charge in [0, 0.05) is 48.6 Å². The first kappa shape index (κ1) is 30.3. The molecule has 1 aliphatic heterocycles. The summed E-state index contributed by atoms with van der Waals surface area (Å²) in [4.78, 5) is 27.1. The van der Waals surface area contributed by atoms with Crippen LogP contribution < -0.4 is 10.6 Å². The summed E-state index contributed by atoms with van der Waals surface area (Å²) in [6.07, 6.45) is 4.31. The molecule has 2 amide bonds. The fourth-order valence-corrected chi connectivity index (χ4v) is 6.77. The zero-order valence-corrected chi connectivity index (χ0v) is 24.4. The highest BCUT2D eigenvalue weighted by Crippen LogP contribution is 2.46. The number of benzene rings is 2. The molecule has 3 N–H and O–H groups in total. The summed E-state index contributed by atoms with van der Waals surface area (Å²) in [5, 5.41) is 18.8. The molecule has 4 rings (SSSR count). The van der Waals surface area contributed by atoms with Crippen LogP contribution in [0.2, 0.25) is 5.02 Å². The Labute approximate surface area is 241 Å². The predicted molar refractivity (Wildman–Crippen MR) is 155 cm³/mol. The molecule has 0 radical (unpaired) electrons. The summed E-state index contributed by atoms with van der Waals surface area (Å²) in [5.41, 5.74) is 1.12. The van der Waals surface area contributed by atoms with E-state index in [1.165, 1.54) is 19.2 Å². The molecule has 4 atom stereocenters. The van der Waals surface area contributed by atoms with Crippen molar-refractivity contribution in [3.8, 4) is 11.1 Å². The van der Waals surface area contributed by atoms with Gasteiger partial charge in [0.05, 0.1) is 12.2 Å². The highest BCUT2D eigenvalue weighted by molar-refractivity contribution is 6.33. The molecule has 0 bridgehead atoms. The number of carbonyl (C=O) groups is 2. The highest BCUT2D eigenvalue weighted by Gasteiger charge is 2.44. The lowest BCUT2D eigenvalue weighted by Crippen LogP contribution is -2.49. The zero-order valence-electron chi connectivity index (χ0n) is 23.6. The standard InChI is InChI=1S/C31H41ClFN3O4/c1-20-15-22(17-24(33)16-20)28-26(8-4-9-27(28)32)31(39,12-6-14-40-30(38)35-3)23-7-5-13-36(19-23)29(37)21-10-11-25(18-21)34-2/h4,8-9,15-17,21,23,25,34,39H,5-7,10-14,18-19H2,1-3H3,(H,35,38)/t21-,23-,25+,31+/m1/s1. The fraction of sp³-hybridized carbons (Fsp3) is 0.548.